The van der Waals surface area contributed by atoms with Crippen molar-refractivity contribution >= 4 is 6.09 Å². The second-order valence-corrected chi connectivity index (χ2v) is 6.08. The van der Waals surface area contributed by atoms with E-state index in [2.05, 4.69) is 5.32 Å². The number of aliphatic hydroxyl groups excluding tert-OH is 1. The lowest BCUT2D eigenvalue weighted by Gasteiger charge is -2.34. The van der Waals surface area contributed by atoms with Crippen LogP contribution in [0.2, 0.25) is 0 Å². The van der Waals surface area contributed by atoms with Gasteiger partial charge in [0.1, 0.15) is 11.7 Å². The minimum Gasteiger partial charge on any atom is -0.444 e. The highest BCUT2D eigenvalue weighted by Crippen LogP contribution is 2.15. The van der Waals surface area contributed by atoms with Crippen molar-refractivity contribution in [3.05, 3.63) is 0 Å². The Labute approximate surface area is 118 Å². The van der Waals surface area contributed by atoms with E-state index in [0.29, 0.717) is 13.1 Å². The molecule has 1 saturated heterocycles. The summed E-state index contributed by atoms with van der Waals surface area (Å²) in [6.07, 6.45) is -3.25. The van der Waals surface area contributed by atoms with Crippen LogP contribution in [0.5, 0.6) is 0 Å². The van der Waals surface area contributed by atoms with Crippen molar-refractivity contribution in [2.75, 3.05) is 19.6 Å². The van der Waals surface area contributed by atoms with Gasteiger partial charge in [-0.1, -0.05) is 0 Å². The molecule has 7 heteroatoms. The summed E-state index contributed by atoms with van der Waals surface area (Å²) in [5.74, 6) is 0. The van der Waals surface area contributed by atoms with Crippen LogP contribution < -0.4 is 5.32 Å². The quantitative estimate of drug-likeness (QED) is 0.827. The third-order valence-corrected chi connectivity index (χ3v) is 2.98. The van der Waals surface area contributed by atoms with E-state index in [1.54, 1.807) is 25.7 Å². The maximum atomic E-state index is 12.2. The number of carbonyl (C=O) groups is 1. The molecular formula is C13H24F2N2O3. The molecule has 0 aromatic heterocycles. The van der Waals surface area contributed by atoms with Gasteiger partial charge >= 0.3 is 6.09 Å². The molecule has 1 fully saturated rings. The van der Waals surface area contributed by atoms with Gasteiger partial charge in [0.25, 0.3) is 6.43 Å². The monoisotopic (exact) mass is 294 g/mol. The van der Waals surface area contributed by atoms with Crippen LogP contribution in [-0.4, -0.2) is 59.9 Å². The number of rotatable bonds is 4. The second-order valence-electron chi connectivity index (χ2n) is 6.08. The topological polar surface area (TPSA) is 61.8 Å². The number of piperidine rings is 1. The van der Waals surface area contributed by atoms with Gasteiger partial charge in [-0.3, -0.25) is 0 Å². The van der Waals surface area contributed by atoms with Crippen molar-refractivity contribution in [3.63, 3.8) is 0 Å². The van der Waals surface area contributed by atoms with E-state index >= 15 is 0 Å². The Kier molecular flexibility index (Phi) is 6.13. The van der Waals surface area contributed by atoms with Crippen molar-refractivity contribution in [1.29, 1.82) is 0 Å². The molecule has 2 unspecified atom stereocenters. The number of hydrogen-bond donors (Lipinski definition) is 2. The number of likely N-dealkylation sites (tertiary alicyclic amines) is 1. The van der Waals surface area contributed by atoms with E-state index in [9.17, 15) is 13.6 Å². The Hall–Kier alpha value is -0.950. The Morgan fingerprint density at radius 2 is 2.15 bits per heavy atom. The number of hydrogen-bond acceptors (Lipinski definition) is 4. The average Bonchev–Trinajstić information content (AvgIpc) is 2.34. The number of carbonyl (C=O) groups excluding carboxylic acids is 1. The molecule has 5 nitrogen and oxygen atoms in total. The summed E-state index contributed by atoms with van der Waals surface area (Å²) < 4.78 is 29.7. The maximum Gasteiger partial charge on any atom is 0.410 e. The zero-order valence-electron chi connectivity index (χ0n) is 12.2. The second kappa shape index (κ2) is 7.17. The molecule has 20 heavy (non-hydrogen) atoms. The first-order valence-corrected chi connectivity index (χ1v) is 6.86. The molecular weight excluding hydrogens is 270 g/mol. The first-order valence-electron chi connectivity index (χ1n) is 6.86. The van der Waals surface area contributed by atoms with E-state index in [1.165, 1.54) is 0 Å². The molecule has 2 atom stereocenters. The smallest absolute Gasteiger partial charge is 0.410 e. The van der Waals surface area contributed by atoms with E-state index in [1.807, 2.05) is 0 Å². The van der Waals surface area contributed by atoms with Crippen molar-refractivity contribution < 1.29 is 23.4 Å². The lowest BCUT2D eigenvalue weighted by molar-refractivity contribution is -0.00749. The maximum absolute atomic E-state index is 12.2. The van der Waals surface area contributed by atoms with Crippen molar-refractivity contribution in [1.82, 2.24) is 10.2 Å². The number of halogens is 2. The number of nitrogens with zero attached hydrogens (tertiary/aromatic N) is 1. The molecule has 0 bridgehead atoms. The molecule has 0 spiro atoms. The Balaban J connectivity index is 2.40. The van der Waals surface area contributed by atoms with Gasteiger partial charge in [-0.15, -0.1) is 0 Å². The minimum absolute atomic E-state index is 0.0929. The van der Waals surface area contributed by atoms with Crippen LogP contribution >= 0.6 is 0 Å². The van der Waals surface area contributed by atoms with Gasteiger partial charge in [0.2, 0.25) is 0 Å². The van der Waals surface area contributed by atoms with Crippen molar-refractivity contribution in [3.8, 4) is 0 Å². The van der Waals surface area contributed by atoms with Crippen LogP contribution in [0.1, 0.15) is 33.6 Å². The fraction of sp³-hybridized carbons (Fsp3) is 0.923. The first-order chi connectivity index (χ1) is 9.19. The van der Waals surface area contributed by atoms with Crippen LogP contribution in [-0.2, 0) is 4.74 Å². The summed E-state index contributed by atoms with van der Waals surface area (Å²) in [6, 6.07) is -0.0929. The van der Waals surface area contributed by atoms with Crippen molar-refractivity contribution in [2.45, 2.75) is 57.8 Å². The molecule has 0 aromatic rings. The molecule has 2 N–H and O–H groups in total. The van der Waals surface area contributed by atoms with Crippen LogP contribution in [0.4, 0.5) is 13.6 Å². The molecule has 118 valence electrons. The fourth-order valence-electron chi connectivity index (χ4n) is 2.01. The average molecular weight is 294 g/mol. The largest absolute Gasteiger partial charge is 0.444 e. The van der Waals surface area contributed by atoms with E-state index < -0.39 is 24.2 Å². The fourth-order valence-corrected chi connectivity index (χ4v) is 2.01. The summed E-state index contributed by atoms with van der Waals surface area (Å²) in [5.41, 5.74) is -0.552. The number of aliphatic hydroxyl groups is 1. The molecule has 1 rings (SSSR count). The summed E-state index contributed by atoms with van der Waals surface area (Å²) in [4.78, 5) is 13.5. The van der Waals surface area contributed by atoms with Crippen molar-refractivity contribution in [2.24, 2.45) is 0 Å². The van der Waals surface area contributed by atoms with Crippen LogP contribution in [0.15, 0.2) is 0 Å². The molecule has 1 aliphatic heterocycles. The van der Waals surface area contributed by atoms with Gasteiger partial charge in [0, 0.05) is 25.7 Å². The Morgan fingerprint density at radius 1 is 1.50 bits per heavy atom. The van der Waals surface area contributed by atoms with Gasteiger partial charge < -0.3 is 20.1 Å². The number of ether oxygens (including phenoxy) is 1. The molecule has 0 aliphatic carbocycles. The minimum atomic E-state index is -2.76. The molecule has 0 radical (unpaired) electrons. The van der Waals surface area contributed by atoms with Crippen LogP contribution in [0.25, 0.3) is 0 Å². The predicted molar refractivity (Wildman–Crippen MR) is 70.8 cm³/mol. The number of nitrogens with one attached hydrogen (secondary N) is 1. The summed E-state index contributed by atoms with van der Waals surface area (Å²) >= 11 is 0. The number of alkyl halides is 2. The highest BCUT2D eigenvalue weighted by atomic mass is 19.3. The zero-order valence-corrected chi connectivity index (χ0v) is 12.2. The van der Waals surface area contributed by atoms with E-state index in [0.717, 1.165) is 12.8 Å². The van der Waals surface area contributed by atoms with Gasteiger partial charge in [-0.2, -0.15) is 0 Å². The molecule has 0 aromatic carbocycles. The van der Waals surface area contributed by atoms with Gasteiger partial charge in [0.15, 0.2) is 0 Å². The molecule has 1 heterocycles. The summed E-state index contributed by atoms with van der Waals surface area (Å²) in [6.45, 7) is 6.22. The van der Waals surface area contributed by atoms with Crippen LogP contribution in [0, 0.1) is 0 Å². The predicted octanol–water partition coefficient (Wildman–Crippen LogP) is 1.60. The van der Waals surface area contributed by atoms with Gasteiger partial charge in [-0.05, 0) is 33.6 Å². The normalized spacial score (nSPS) is 21.9. The van der Waals surface area contributed by atoms with Crippen LogP contribution in [0.3, 0.4) is 0 Å². The Bertz CT molecular complexity index is 321. The lowest BCUT2D eigenvalue weighted by atomic mass is 10.1. The standard InChI is InChI=1S/C13H24F2N2O3/c1-13(2,3)20-12(19)17-6-4-5-9(8-17)16-7-10(18)11(14)15/h9-11,16,18H,4-8H2,1-3H3. The van der Waals surface area contributed by atoms with E-state index in [4.69, 9.17) is 9.84 Å². The molecule has 1 amide bonds. The molecule has 1 aliphatic rings. The SMILES string of the molecule is CC(C)(C)OC(=O)N1CCCC(NCC(O)C(F)F)C1. The lowest BCUT2D eigenvalue weighted by Crippen LogP contribution is -2.51. The highest BCUT2D eigenvalue weighted by molar-refractivity contribution is 5.68. The van der Waals surface area contributed by atoms with Gasteiger partial charge in [-0.25, -0.2) is 13.6 Å². The summed E-state index contributed by atoms with van der Waals surface area (Å²) in [5, 5.41) is 11.9. The third-order valence-electron chi connectivity index (χ3n) is 2.98. The number of amides is 1. The first kappa shape index (κ1) is 17.1. The highest BCUT2D eigenvalue weighted by Gasteiger charge is 2.28. The Morgan fingerprint density at radius 3 is 2.70 bits per heavy atom. The third kappa shape index (κ3) is 6.00. The van der Waals surface area contributed by atoms with Gasteiger partial charge in [0.05, 0.1) is 0 Å². The van der Waals surface area contributed by atoms with E-state index in [-0.39, 0.29) is 12.6 Å². The molecule has 0 saturated carbocycles. The zero-order chi connectivity index (χ0) is 15.3. The summed E-state index contributed by atoms with van der Waals surface area (Å²) in [7, 11) is 0.